The van der Waals surface area contributed by atoms with Crippen LogP contribution in [-0.4, -0.2) is 10.1 Å². The predicted molar refractivity (Wildman–Crippen MR) is 117 cm³/mol. The summed E-state index contributed by atoms with van der Waals surface area (Å²) >= 11 is 0. The van der Waals surface area contributed by atoms with Gasteiger partial charge >= 0.3 is 0 Å². The molecule has 0 bridgehead atoms. The highest BCUT2D eigenvalue weighted by molar-refractivity contribution is 5.67. The van der Waals surface area contributed by atoms with Crippen molar-refractivity contribution in [1.29, 1.82) is 0 Å². The summed E-state index contributed by atoms with van der Waals surface area (Å²) in [6.45, 7) is 6.13. The van der Waals surface area contributed by atoms with Crippen LogP contribution in [-0.2, 0) is 19.3 Å². The number of pyridine rings is 1. The number of phenols is 1. The molecule has 0 unspecified atom stereocenters. The van der Waals surface area contributed by atoms with Crippen molar-refractivity contribution >= 4 is 0 Å². The molecule has 3 aromatic rings. The molecular formula is C26H27NO. The molecule has 1 aromatic heterocycles. The lowest BCUT2D eigenvalue weighted by atomic mass is 9.93. The van der Waals surface area contributed by atoms with E-state index in [0.29, 0.717) is 12.2 Å². The summed E-state index contributed by atoms with van der Waals surface area (Å²) in [7, 11) is 0. The molecule has 142 valence electrons. The largest absolute Gasteiger partial charge is 0.508 e. The normalized spacial score (nSPS) is 10.6. The van der Waals surface area contributed by atoms with Gasteiger partial charge in [0.25, 0.3) is 0 Å². The van der Waals surface area contributed by atoms with Crippen molar-refractivity contribution in [1.82, 2.24) is 4.98 Å². The summed E-state index contributed by atoms with van der Waals surface area (Å²) in [5.74, 6) is 3.11. The van der Waals surface area contributed by atoms with Gasteiger partial charge in [0.05, 0.1) is 0 Å². The van der Waals surface area contributed by atoms with E-state index >= 15 is 0 Å². The number of nitrogens with zero attached hydrogens (tertiary/aromatic N) is 1. The van der Waals surface area contributed by atoms with Gasteiger partial charge in [0.2, 0.25) is 0 Å². The van der Waals surface area contributed by atoms with Crippen LogP contribution in [0.3, 0.4) is 0 Å². The van der Waals surface area contributed by atoms with Crippen LogP contribution >= 0.6 is 0 Å². The van der Waals surface area contributed by atoms with Gasteiger partial charge in [-0.15, -0.1) is 12.3 Å². The van der Waals surface area contributed by atoms with Crippen LogP contribution in [0, 0.1) is 33.1 Å². The Labute approximate surface area is 168 Å². The van der Waals surface area contributed by atoms with Gasteiger partial charge in [0, 0.05) is 23.4 Å². The first-order valence-electron chi connectivity index (χ1n) is 9.76. The smallest absolute Gasteiger partial charge is 0.115 e. The quantitative estimate of drug-likeness (QED) is 0.563. The van der Waals surface area contributed by atoms with Crippen LogP contribution in [0.1, 0.15) is 40.1 Å². The predicted octanol–water partition coefficient (Wildman–Crippen LogP) is 5.73. The van der Waals surface area contributed by atoms with E-state index in [2.05, 4.69) is 48.2 Å². The topological polar surface area (TPSA) is 33.1 Å². The molecule has 3 rings (SSSR count). The Morgan fingerprint density at radius 1 is 0.893 bits per heavy atom. The molecule has 0 aliphatic heterocycles. The van der Waals surface area contributed by atoms with Gasteiger partial charge in [0.1, 0.15) is 5.75 Å². The van der Waals surface area contributed by atoms with E-state index in [-0.39, 0.29) is 0 Å². The highest BCUT2D eigenvalue weighted by Crippen LogP contribution is 2.27. The van der Waals surface area contributed by atoms with Crippen molar-refractivity contribution in [2.75, 3.05) is 0 Å². The Bertz CT molecular complexity index is 1030. The number of rotatable bonds is 6. The summed E-state index contributed by atoms with van der Waals surface area (Å²) < 4.78 is 0. The number of hydrogen-bond donors (Lipinski definition) is 1. The van der Waals surface area contributed by atoms with E-state index in [1.165, 1.54) is 27.8 Å². The fraction of sp³-hybridized carbons (Fsp3) is 0.269. The minimum atomic E-state index is 0.326. The average molecular weight is 370 g/mol. The van der Waals surface area contributed by atoms with Gasteiger partial charge in [-0.2, -0.15) is 0 Å². The van der Waals surface area contributed by atoms with Crippen LogP contribution < -0.4 is 0 Å². The van der Waals surface area contributed by atoms with E-state index in [1.54, 1.807) is 6.07 Å². The summed E-state index contributed by atoms with van der Waals surface area (Å²) in [5, 5.41) is 9.59. The lowest BCUT2D eigenvalue weighted by molar-refractivity contribution is 0.474. The van der Waals surface area contributed by atoms with Crippen LogP contribution in [0.5, 0.6) is 5.75 Å². The third kappa shape index (κ3) is 4.61. The maximum atomic E-state index is 9.59. The van der Waals surface area contributed by atoms with Gasteiger partial charge < -0.3 is 5.11 Å². The van der Waals surface area contributed by atoms with Gasteiger partial charge in [0.15, 0.2) is 0 Å². The molecule has 2 heteroatoms. The maximum Gasteiger partial charge on any atom is 0.115 e. The summed E-state index contributed by atoms with van der Waals surface area (Å²) in [6, 6.07) is 16.4. The molecule has 0 radical (unpaired) electrons. The van der Waals surface area contributed by atoms with Gasteiger partial charge in [-0.05, 0) is 86.1 Å². The number of aromatic hydroxyl groups is 1. The minimum Gasteiger partial charge on any atom is -0.508 e. The fourth-order valence-corrected chi connectivity index (χ4v) is 3.73. The molecule has 0 atom stereocenters. The second-order valence-electron chi connectivity index (χ2n) is 7.41. The molecule has 28 heavy (non-hydrogen) atoms. The summed E-state index contributed by atoms with van der Waals surface area (Å²) in [6.07, 6.45) is 9.24. The maximum absolute atomic E-state index is 9.59. The first kappa shape index (κ1) is 19.7. The molecule has 0 aliphatic carbocycles. The number of phenolic OH excluding ortho intramolecular Hbond substituents is 1. The van der Waals surface area contributed by atoms with E-state index < -0.39 is 0 Å². The van der Waals surface area contributed by atoms with Crippen LogP contribution in [0.15, 0.2) is 48.5 Å². The Hall–Kier alpha value is -3.05. The molecule has 2 aromatic carbocycles. The van der Waals surface area contributed by atoms with Crippen LogP contribution in [0.4, 0.5) is 0 Å². The molecule has 0 aliphatic rings. The first-order chi connectivity index (χ1) is 13.5. The molecule has 1 N–H and O–H groups in total. The standard InChI is InChI=1S/C26H27NO/c1-5-7-22-11-12-24(26-15-10-19(3)27-20(26)4)17-23(22)9-6-8-21-13-14-25(28)16-18(21)2/h1,10-17,28H,6-9H2,2-4H3. The molecule has 0 fully saturated rings. The Morgan fingerprint density at radius 3 is 2.36 bits per heavy atom. The van der Waals surface area contributed by atoms with E-state index in [0.717, 1.165) is 36.2 Å². The van der Waals surface area contributed by atoms with Crippen molar-refractivity contribution in [3.05, 3.63) is 82.2 Å². The van der Waals surface area contributed by atoms with E-state index in [1.807, 2.05) is 26.0 Å². The van der Waals surface area contributed by atoms with Crippen molar-refractivity contribution in [3.8, 4) is 29.2 Å². The lowest BCUT2D eigenvalue weighted by Crippen LogP contribution is -1.98. The molecule has 0 saturated heterocycles. The molecule has 1 heterocycles. The summed E-state index contributed by atoms with van der Waals surface area (Å²) in [4.78, 5) is 4.60. The Morgan fingerprint density at radius 2 is 1.64 bits per heavy atom. The van der Waals surface area contributed by atoms with Gasteiger partial charge in [-0.25, -0.2) is 0 Å². The first-order valence-corrected chi connectivity index (χ1v) is 9.76. The molecular weight excluding hydrogens is 342 g/mol. The van der Waals surface area contributed by atoms with E-state index in [4.69, 9.17) is 6.42 Å². The number of benzene rings is 2. The average Bonchev–Trinajstić information content (AvgIpc) is 2.65. The van der Waals surface area contributed by atoms with E-state index in [9.17, 15) is 5.11 Å². The number of aryl methyl sites for hydroxylation is 5. The Balaban J connectivity index is 1.82. The minimum absolute atomic E-state index is 0.326. The Kier molecular flexibility index (Phi) is 6.16. The molecule has 0 amide bonds. The van der Waals surface area contributed by atoms with Crippen molar-refractivity contribution < 1.29 is 5.11 Å². The zero-order chi connectivity index (χ0) is 20.1. The number of aromatic nitrogens is 1. The molecule has 0 spiro atoms. The highest BCUT2D eigenvalue weighted by Gasteiger charge is 2.09. The second-order valence-corrected chi connectivity index (χ2v) is 7.41. The zero-order valence-electron chi connectivity index (χ0n) is 16.9. The van der Waals surface area contributed by atoms with Crippen molar-refractivity contribution in [3.63, 3.8) is 0 Å². The third-order valence-corrected chi connectivity index (χ3v) is 5.25. The van der Waals surface area contributed by atoms with Gasteiger partial charge in [-0.3, -0.25) is 4.98 Å². The van der Waals surface area contributed by atoms with Crippen LogP contribution in [0.25, 0.3) is 11.1 Å². The van der Waals surface area contributed by atoms with Gasteiger partial charge in [-0.1, -0.05) is 30.3 Å². The second kappa shape index (κ2) is 8.76. The highest BCUT2D eigenvalue weighted by atomic mass is 16.3. The molecule has 2 nitrogen and oxygen atoms in total. The molecule has 0 saturated carbocycles. The zero-order valence-corrected chi connectivity index (χ0v) is 16.9. The third-order valence-electron chi connectivity index (χ3n) is 5.25. The monoisotopic (exact) mass is 369 g/mol. The van der Waals surface area contributed by atoms with Crippen molar-refractivity contribution in [2.45, 2.75) is 46.5 Å². The SMILES string of the molecule is C#CCc1ccc(-c2ccc(C)nc2C)cc1CCCc1ccc(O)cc1C. The number of terminal acetylenes is 1. The van der Waals surface area contributed by atoms with Crippen molar-refractivity contribution in [2.24, 2.45) is 0 Å². The van der Waals surface area contributed by atoms with Crippen LogP contribution in [0.2, 0.25) is 0 Å². The number of hydrogen-bond acceptors (Lipinski definition) is 2. The lowest BCUT2D eigenvalue weighted by Gasteiger charge is -2.13. The summed E-state index contributed by atoms with van der Waals surface area (Å²) in [5.41, 5.74) is 9.42. The fourth-order valence-electron chi connectivity index (χ4n) is 3.73.